The smallest absolute Gasteiger partial charge is 0.311 e. The summed E-state index contributed by atoms with van der Waals surface area (Å²) >= 11 is 0. The van der Waals surface area contributed by atoms with Gasteiger partial charge in [0.1, 0.15) is 12.2 Å². The summed E-state index contributed by atoms with van der Waals surface area (Å²) in [6, 6.07) is 2.96. The van der Waals surface area contributed by atoms with Crippen LogP contribution in [0.4, 0.5) is 0 Å². The highest BCUT2D eigenvalue weighted by atomic mass is 35.5. The molecule has 5 nitrogen and oxygen atoms in total. The lowest BCUT2D eigenvalue weighted by atomic mass is 10.3. The lowest BCUT2D eigenvalue weighted by Gasteiger charge is -1.90. The Kier molecular flexibility index (Phi) is 4.00. The third-order valence-electron chi connectivity index (χ3n) is 1.25. The molecule has 0 radical (unpaired) electrons. The summed E-state index contributed by atoms with van der Waals surface area (Å²) in [5, 5.41) is 15.3. The van der Waals surface area contributed by atoms with Crippen molar-refractivity contribution in [3.05, 3.63) is 23.7 Å². The van der Waals surface area contributed by atoms with Crippen molar-refractivity contribution in [3.8, 4) is 0 Å². The zero-order valence-electron chi connectivity index (χ0n) is 6.61. The molecule has 6 heteroatoms. The number of carboxylic acids is 1. The average Bonchev–Trinajstić information content (AvgIpc) is 2.34. The van der Waals surface area contributed by atoms with Crippen LogP contribution in [0, 0.1) is 5.41 Å². The molecule has 0 aliphatic heterocycles. The standard InChI is InChI=1S/C7H8N2O3.ClH/c8-7(9)5-2-1-4(12-5)3-6(10)11;/h1-2H,3H2,(H3,8,9)(H,10,11);1H. The van der Waals surface area contributed by atoms with E-state index in [0.29, 0.717) is 5.76 Å². The van der Waals surface area contributed by atoms with Crippen molar-refractivity contribution in [2.75, 3.05) is 0 Å². The number of amidine groups is 1. The van der Waals surface area contributed by atoms with Crippen LogP contribution in [0.5, 0.6) is 0 Å². The molecule has 0 aliphatic carbocycles. The molecule has 1 heterocycles. The molecule has 1 rings (SSSR count). The van der Waals surface area contributed by atoms with Gasteiger partial charge in [0.25, 0.3) is 0 Å². The highest BCUT2D eigenvalue weighted by Crippen LogP contribution is 2.07. The first kappa shape index (κ1) is 11.5. The van der Waals surface area contributed by atoms with Gasteiger partial charge < -0.3 is 15.3 Å². The summed E-state index contributed by atoms with van der Waals surface area (Å²) in [5.74, 6) is -0.676. The van der Waals surface area contributed by atoms with Crippen molar-refractivity contribution >= 4 is 24.2 Å². The normalized spacial score (nSPS) is 8.92. The predicted octanol–water partition coefficient (Wildman–Crippen LogP) is 0.613. The van der Waals surface area contributed by atoms with E-state index in [4.69, 9.17) is 20.7 Å². The van der Waals surface area contributed by atoms with Crippen molar-refractivity contribution in [2.24, 2.45) is 5.73 Å². The van der Waals surface area contributed by atoms with Gasteiger partial charge in [-0.05, 0) is 12.1 Å². The molecule has 13 heavy (non-hydrogen) atoms. The van der Waals surface area contributed by atoms with Gasteiger partial charge >= 0.3 is 5.97 Å². The molecule has 0 saturated carbocycles. The van der Waals surface area contributed by atoms with Crippen molar-refractivity contribution in [1.29, 1.82) is 5.41 Å². The molecule has 0 aliphatic rings. The molecule has 0 aromatic carbocycles. The zero-order valence-corrected chi connectivity index (χ0v) is 7.43. The van der Waals surface area contributed by atoms with E-state index in [-0.39, 0.29) is 30.4 Å². The number of carbonyl (C=O) groups is 1. The van der Waals surface area contributed by atoms with Crippen LogP contribution in [-0.2, 0) is 11.2 Å². The quantitative estimate of drug-likeness (QED) is 0.496. The molecule has 0 bridgehead atoms. The Morgan fingerprint density at radius 1 is 1.62 bits per heavy atom. The monoisotopic (exact) mass is 204 g/mol. The summed E-state index contributed by atoms with van der Waals surface area (Å²) in [4.78, 5) is 10.2. The van der Waals surface area contributed by atoms with E-state index in [9.17, 15) is 4.79 Å². The Hall–Kier alpha value is -1.49. The number of aliphatic carboxylic acids is 1. The van der Waals surface area contributed by atoms with Gasteiger partial charge in [0.05, 0.1) is 0 Å². The topological polar surface area (TPSA) is 100 Å². The molecule has 4 N–H and O–H groups in total. The van der Waals surface area contributed by atoms with Crippen LogP contribution in [0.15, 0.2) is 16.5 Å². The molecule has 0 unspecified atom stereocenters. The van der Waals surface area contributed by atoms with Crippen LogP contribution < -0.4 is 5.73 Å². The molecule has 72 valence electrons. The number of nitrogens with two attached hydrogens (primary N) is 1. The molecule has 0 amide bonds. The summed E-state index contributed by atoms with van der Waals surface area (Å²) in [6.07, 6.45) is -0.187. The highest BCUT2D eigenvalue weighted by molar-refractivity contribution is 5.92. The minimum absolute atomic E-state index is 0. The fourth-order valence-corrected chi connectivity index (χ4v) is 0.767. The second-order valence-corrected chi connectivity index (χ2v) is 2.25. The number of hydrogen-bond acceptors (Lipinski definition) is 3. The number of nitrogen functional groups attached to an aromatic ring is 1. The number of hydrogen-bond donors (Lipinski definition) is 3. The van der Waals surface area contributed by atoms with Gasteiger partial charge in [-0.3, -0.25) is 10.2 Å². The van der Waals surface area contributed by atoms with Gasteiger partial charge in [0.15, 0.2) is 11.6 Å². The fourth-order valence-electron chi connectivity index (χ4n) is 0.767. The maximum atomic E-state index is 10.2. The number of rotatable bonds is 3. The first-order chi connectivity index (χ1) is 5.59. The summed E-state index contributed by atoms with van der Waals surface area (Å²) < 4.78 is 4.93. The maximum absolute atomic E-state index is 10.2. The van der Waals surface area contributed by atoms with Gasteiger partial charge in [-0.15, -0.1) is 12.4 Å². The summed E-state index contributed by atoms with van der Waals surface area (Å²) in [5.41, 5.74) is 5.10. The van der Waals surface area contributed by atoms with Crippen molar-refractivity contribution < 1.29 is 14.3 Å². The Morgan fingerprint density at radius 2 is 2.23 bits per heavy atom. The molecule has 0 spiro atoms. The van der Waals surface area contributed by atoms with E-state index in [1.807, 2.05) is 0 Å². The van der Waals surface area contributed by atoms with Gasteiger partial charge in [-0.1, -0.05) is 0 Å². The number of furan rings is 1. The SMILES string of the molecule is Cl.N=C(N)c1ccc(CC(=O)O)o1. The minimum atomic E-state index is -0.973. The molecule has 0 fully saturated rings. The van der Waals surface area contributed by atoms with E-state index in [0.717, 1.165) is 0 Å². The van der Waals surface area contributed by atoms with E-state index in [1.54, 1.807) is 0 Å². The third-order valence-corrected chi connectivity index (χ3v) is 1.25. The lowest BCUT2D eigenvalue weighted by Crippen LogP contribution is -2.09. The Morgan fingerprint density at radius 3 is 2.62 bits per heavy atom. The summed E-state index contributed by atoms with van der Waals surface area (Å²) in [6.45, 7) is 0. The average molecular weight is 205 g/mol. The Labute approximate surface area is 80.5 Å². The van der Waals surface area contributed by atoms with E-state index < -0.39 is 5.97 Å². The van der Waals surface area contributed by atoms with Crippen LogP contribution in [-0.4, -0.2) is 16.9 Å². The first-order valence-corrected chi connectivity index (χ1v) is 3.24. The van der Waals surface area contributed by atoms with Crippen LogP contribution in [0.1, 0.15) is 11.5 Å². The largest absolute Gasteiger partial charge is 0.481 e. The zero-order chi connectivity index (χ0) is 9.14. The second kappa shape index (κ2) is 4.51. The fraction of sp³-hybridized carbons (Fsp3) is 0.143. The van der Waals surface area contributed by atoms with Crippen LogP contribution >= 0.6 is 12.4 Å². The van der Waals surface area contributed by atoms with Crippen molar-refractivity contribution in [3.63, 3.8) is 0 Å². The van der Waals surface area contributed by atoms with Crippen molar-refractivity contribution in [2.45, 2.75) is 6.42 Å². The lowest BCUT2D eigenvalue weighted by molar-refractivity contribution is -0.136. The van der Waals surface area contributed by atoms with Crippen LogP contribution in [0.25, 0.3) is 0 Å². The molecular formula is C7H9ClN2O3. The molecule has 1 aromatic rings. The second-order valence-electron chi connectivity index (χ2n) is 2.25. The molecule has 1 aromatic heterocycles. The highest BCUT2D eigenvalue weighted by Gasteiger charge is 2.07. The Balaban J connectivity index is 0.00000144. The van der Waals surface area contributed by atoms with Gasteiger partial charge in [-0.2, -0.15) is 0 Å². The molecule has 0 saturated heterocycles. The predicted molar refractivity (Wildman–Crippen MR) is 48.3 cm³/mol. The molecule has 0 atom stereocenters. The first-order valence-electron chi connectivity index (χ1n) is 3.24. The summed E-state index contributed by atoms with van der Waals surface area (Å²) in [7, 11) is 0. The van der Waals surface area contributed by atoms with E-state index >= 15 is 0 Å². The minimum Gasteiger partial charge on any atom is -0.481 e. The number of nitrogens with one attached hydrogen (secondary N) is 1. The van der Waals surface area contributed by atoms with Crippen LogP contribution in [0.2, 0.25) is 0 Å². The van der Waals surface area contributed by atoms with Gasteiger partial charge in [0, 0.05) is 0 Å². The van der Waals surface area contributed by atoms with Crippen LogP contribution in [0.3, 0.4) is 0 Å². The molecular weight excluding hydrogens is 196 g/mol. The number of halogens is 1. The van der Waals surface area contributed by atoms with E-state index in [1.165, 1.54) is 12.1 Å². The van der Waals surface area contributed by atoms with Gasteiger partial charge in [-0.25, -0.2) is 0 Å². The van der Waals surface area contributed by atoms with E-state index in [2.05, 4.69) is 0 Å². The Bertz CT molecular complexity index is 321. The van der Waals surface area contributed by atoms with Crippen molar-refractivity contribution in [1.82, 2.24) is 0 Å². The van der Waals surface area contributed by atoms with Gasteiger partial charge in [0.2, 0.25) is 0 Å². The number of carboxylic acid groups (broad SMARTS) is 1. The maximum Gasteiger partial charge on any atom is 0.311 e. The third kappa shape index (κ3) is 3.16.